The number of hydrogen-bond donors (Lipinski definition) is 2. The highest BCUT2D eigenvalue weighted by molar-refractivity contribution is 7.14. The first-order chi connectivity index (χ1) is 9.62. The van der Waals surface area contributed by atoms with Crippen LogP contribution in [0.3, 0.4) is 0 Å². The zero-order chi connectivity index (χ0) is 15.0. The normalized spacial score (nSPS) is 12.7. The minimum Gasteiger partial charge on any atom is -0.383 e. The summed E-state index contributed by atoms with van der Waals surface area (Å²) in [6.45, 7) is 5.01. The van der Waals surface area contributed by atoms with Gasteiger partial charge in [0.25, 0.3) is 5.91 Å². The number of hydrazine groups is 1. The molecule has 0 aliphatic rings. The predicted molar refractivity (Wildman–Crippen MR) is 79.6 cm³/mol. The lowest BCUT2D eigenvalue weighted by atomic mass is 10.2. The van der Waals surface area contributed by atoms with Crippen molar-refractivity contribution >= 4 is 17.2 Å². The van der Waals surface area contributed by atoms with Crippen LogP contribution in [0.2, 0.25) is 0 Å². The lowest BCUT2D eigenvalue weighted by molar-refractivity contribution is 0.0711. The molecular formula is C13H23N3O3S. The first-order valence-electron chi connectivity index (χ1n) is 6.44. The summed E-state index contributed by atoms with van der Waals surface area (Å²) >= 11 is 1.45. The van der Waals surface area contributed by atoms with Gasteiger partial charge in [-0.25, -0.2) is 5.84 Å². The monoisotopic (exact) mass is 301 g/mol. The summed E-state index contributed by atoms with van der Waals surface area (Å²) in [5.41, 5.74) is 2.14. The maximum atomic E-state index is 11.4. The van der Waals surface area contributed by atoms with Crippen LogP contribution in [-0.4, -0.2) is 50.8 Å². The van der Waals surface area contributed by atoms with Gasteiger partial charge < -0.3 is 9.47 Å². The number of nitrogens with two attached hydrogens (primary N) is 1. The van der Waals surface area contributed by atoms with E-state index in [0.717, 1.165) is 18.0 Å². The van der Waals surface area contributed by atoms with Crippen molar-refractivity contribution in [1.29, 1.82) is 0 Å². The summed E-state index contributed by atoms with van der Waals surface area (Å²) in [7, 11) is 3.38. The Morgan fingerprint density at radius 2 is 2.20 bits per heavy atom. The van der Waals surface area contributed by atoms with E-state index in [0.29, 0.717) is 18.1 Å². The number of nitrogens with zero attached hydrogens (tertiary/aromatic N) is 1. The second kappa shape index (κ2) is 9.04. The molecule has 6 nitrogen and oxygen atoms in total. The van der Waals surface area contributed by atoms with Crippen molar-refractivity contribution in [1.82, 2.24) is 10.3 Å². The van der Waals surface area contributed by atoms with Crippen LogP contribution in [0, 0.1) is 0 Å². The van der Waals surface area contributed by atoms with Gasteiger partial charge in [0, 0.05) is 38.2 Å². The molecule has 0 aliphatic heterocycles. The fraction of sp³-hybridized carbons (Fsp3) is 0.615. The topological polar surface area (TPSA) is 76.8 Å². The fourth-order valence-corrected chi connectivity index (χ4v) is 2.80. The molecule has 1 amide bonds. The van der Waals surface area contributed by atoms with E-state index in [1.165, 1.54) is 11.3 Å². The fourth-order valence-electron chi connectivity index (χ4n) is 1.87. The number of carbonyl (C=O) groups is 1. The minimum absolute atomic E-state index is 0.255. The maximum Gasteiger partial charge on any atom is 0.275 e. The molecule has 3 N–H and O–H groups in total. The molecule has 1 heterocycles. The van der Waals surface area contributed by atoms with E-state index in [-0.39, 0.29) is 11.9 Å². The highest BCUT2D eigenvalue weighted by Crippen LogP contribution is 2.19. The van der Waals surface area contributed by atoms with Gasteiger partial charge >= 0.3 is 0 Å². The molecule has 0 radical (unpaired) electrons. The Morgan fingerprint density at radius 1 is 1.45 bits per heavy atom. The van der Waals surface area contributed by atoms with Gasteiger partial charge in [0.15, 0.2) is 0 Å². The van der Waals surface area contributed by atoms with E-state index in [2.05, 4.69) is 17.2 Å². The SMILES string of the molecule is COCCN(Cc1ccc(C(=O)NN)s1)C(C)COC. The molecule has 1 aromatic heterocycles. The number of methoxy groups -OCH3 is 2. The van der Waals surface area contributed by atoms with Crippen LogP contribution >= 0.6 is 11.3 Å². The van der Waals surface area contributed by atoms with Gasteiger partial charge in [0.2, 0.25) is 0 Å². The Bertz CT molecular complexity index is 411. The van der Waals surface area contributed by atoms with Crippen molar-refractivity contribution < 1.29 is 14.3 Å². The lowest BCUT2D eigenvalue weighted by Gasteiger charge is -2.27. The number of carbonyl (C=O) groups excluding carboxylic acids is 1. The predicted octanol–water partition coefficient (Wildman–Crippen LogP) is 0.835. The molecule has 1 rings (SSSR count). The number of hydrogen-bond acceptors (Lipinski definition) is 6. The van der Waals surface area contributed by atoms with Gasteiger partial charge in [-0.1, -0.05) is 0 Å². The van der Waals surface area contributed by atoms with E-state index in [9.17, 15) is 4.79 Å². The van der Waals surface area contributed by atoms with E-state index < -0.39 is 0 Å². The summed E-state index contributed by atoms with van der Waals surface area (Å²) in [6.07, 6.45) is 0. The zero-order valence-electron chi connectivity index (χ0n) is 12.2. The molecule has 0 fully saturated rings. The Morgan fingerprint density at radius 3 is 2.80 bits per heavy atom. The summed E-state index contributed by atoms with van der Waals surface area (Å²) in [5, 5.41) is 0. The number of rotatable bonds is 9. The third-order valence-electron chi connectivity index (χ3n) is 2.99. The molecule has 20 heavy (non-hydrogen) atoms. The van der Waals surface area contributed by atoms with E-state index in [1.54, 1.807) is 20.3 Å². The second-order valence-corrected chi connectivity index (χ2v) is 5.68. The van der Waals surface area contributed by atoms with E-state index in [4.69, 9.17) is 15.3 Å². The molecule has 114 valence electrons. The van der Waals surface area contributed by atoms with Crippen molar-refractivity contribution in [3.05, 3.63) is 21.9 Å². The van der Waals surface area contributed by atoms with Crippen molar-refractivity contribution in [2.75, 3.05) is 34.0 Å². The van der Waals surface area contributed by atoms with Crippen LogP contribution in [0.5, 0.6) is 0 Å². The van der Waals surface area contributed by atoms with Crippen molar-refractivity contribution in [3.8, 4) is 0 Å². The average molecular weight is 301 g/mol. The molecule has 0 aliphatic carbocycles. The van der Waals surface area contributed by atoms with Crippen LogP contribution < -0.4 is 11.3 Å². The molecule has 0 saturated carbocycles. The first kappa shape index (κ1) is 17.1. The van der Waals surface area contributed by atoms with Gasteiger partial charge in [-0.2, -0.15) is 0 Å². The van der Waals surface area contributed by atoms with Crippen molar-refractivity contribution in [2.45, 2.75) is 19.5 Å². The third-order valence-corrected chi connectivity index (χ3v) is 4.06. The summed E-state index contributed by atoms with van der Waals surface area (Å²) in [5.74, 6) is 4.88. The molecule has 7 heteroatoms. The van der Waals surface area contributed by atoms with Crippen LogP contribution in [0.4, 0.5) is 0 Å². The summed E-state index contributed by atoms with van der Waals surface area (Å²) in [6, 6.07) is 4.02. The quantitative estimate of drug-likeness (QED) is 0.401. The minimum atomic E-state index is -0.255. The number of thiophene rings is 1. The van der Waals surface area contributed by atoms with E-state index in [1.807, 2.05) is 6.07 Å². The van der Waals surface area contributed by atoms with Crippen LogP contribution in [0.15, 0.2) is 12.1 Å². The molecular weight excluding hydrogens is 278 g/mol. The second-order valence-electron chi connectivity index (χ2n) is 4.51. The van der Waals surface area contributed by atoms with Crippen LogP contribution in [0.25, 0.3) is 0 Å². The largest absolute Gasteiger partial charge is 0.383 e. The van der Waals surface area contributed by atoms with E-state index >= 15 is 0 Å². The number of nitrogen functional groups attached to an aromatic ring is 1. The smallest absolute Gasteiger partial charge is 0.275 e. The average Bonchev–Trinajstić information content (AvgIpc) is 2.91. The van der Waals surface area contributed by atoms with Gasteiger partial charge in [0.05, 0.1) is 18.1 Å². The standard InChI is InChI=1S/C13H23N3O3S/c1-10(9-19-3)16(6-7-18-2)8-11-4-5-12(20-11)13(17)15-14/h4-5,10H,6-9,14H2,1-3H3,(H,15,17). The summed E-state index contributed by atoms with van der Waals surface area (Å²) < 4.78 is 10.3. The Hall–Kier alpha value is -0.990. The molecule has 1 atom stereocenters. The highest BCUT2D eigenvalue weighted by Gasteiger charge is 2.16. The highest BCUT2D eigenvalue weighted by atomic mass is 32.1. The molecule has 0 spiro atoms. The van der Waals surface area contributed by atoms with Crippen LogP contribution in [0.1, 0.15) is 21.5 Å². The molecule has 0 saturated heterocycles. The maximum absolute atomic E-state index is 11.4. The van der Waals surface area contributed by atoms with Gasteiger partial charge in [-0.3, -0.25) is 15.1 Å². The Kier molecular flexibility index (Phi) is 7.71. The lowest BCUT2D eigenvalue weighted by Crippen LogP contribution is -2.37. The van der Waals surface area contributed by atoms with Gasteiger partial charge in [-0.15, -0.1) is 11.3 Å². The third kappa shape index (κ3) is 5.18. The molecule has 0 aromatic carbocycles. The summed E-state index contributed by atoms with van der Waals surface area (Å²) in [4.78, 5) is 15.4. The first-order valence-corrected chi connectivity index (χ1v) is 7.25. The zero-order valence-corrected chi connectivity index (χ0v) is 13.0. The van der Waals surface area contributed by atoms with Crippen molar-refractivity contribution in [3.63, 3.8) is 0 Å². The number of nitrogens with one attached hydrogen (secondary N) is 1. The Balaban J connectivity index is 2.67. The number of ether oxygens (including phenoxy) is 2. The van der Waals surface area contributed by atoms with Crippen molar-refractivity contribution in [2.24, 2.45) is 5.84 Å². The molecule has 0 bridgehead atoms. The number of amides is 1. The van der Waals surface area contributed by atoms with Crippen LogP contribution in [-0.2, 0) is 16.0 Å². The van der Waals surface area contributed by atoms with Gasteiger partial charge in [-0.05, 0) is 19.1 Å². The molecule has 1 aromatic rings. The van der Waals surface area contributed by atoms with Gasteiger partial charge in [0.1, 0.15) is 0 Å². The molecule has 1 unspecified atom stereocenters. The Labute approximate surface area is 123 Å².